The summed E-state index contributed by atoms with van der Waals surface area (Å²) < 4.78 is 39.1. The van der Waals surface area contributed by atoms with Crippen LogP contribution in [0, 0.1) is 0 Å². The molecule has 15 heavy (non-hydrogen) atoms. The zero-order valence-electron chi connectivity index (χ0n) is 7.36. The van der Waals surface area contributed by atoms with Crippen LogP contribution in [0.4, 0.5) is 13.2 Å². The van der Waals surface area contributed by atoms with E-state index < -0.39 is 18.4 Å². The normalized spacial score (nSPS) is 13.5. The van der Waals surface area contributed by atoms with Crippen LogP contribution in [0.2, 0.25) is 0 Å². The molecule has 0 fully saturated rings. The first kappa shape index (κ1) is 11.5. The number of rotatable bonds is 3. The number of hydrogen-bond acceptors (Lipinski definition) is 2. The van der Waals surface area contributed by atoms with Crippen LogP contribution in [0.25, 0.3) is 0 Å². The summed E-state index contributed by atoms with van der Waals surface area (Å²) in [5.74, 6) is -1.68. The molecule has 1 rings (SSSR count). The van der Waals surface area contributed by atoms with Crippen molar-refractivity contribution in [3.05, 3.63) is 35.9 Å². The van der Waals surface area contributed by atoms with Crippen molar-refractivity contribution in [3.8, 4) is 0 Å². The van der Waals surface area contributed by atoms with Gasteiger partial charge in [-0.1, -0.05) is 30.3 Å². The van der Waals surface area contributed by atoms with E-state index in [1.807, 2.05) is 0 Å². The van der Waals surface area contributed by atoms with Crippen LogP contribution in [0.15, 0.2) is 30.3 Å². The van der Waals surface area contributed by atoms with Gasteiger partial charge in [0.25, 0.3) is 0 Å². The maximum atomic E-state index is 11.9. The monoisotopic (exact) mass is 220 g/mol. The van der Waals surface area contributed by atoms with Crippen molar-refractivity contribution in [2.45, 2.75) is 12.5 Å². The van der Waals surface area contributed by atoms with Crippen molar-refractivity contribution in [3.63, 3.8) is 0 Å². The van der Waals surface area contributed by atoms with Crippen LogP contribution in [0.1, 0.15) is 11.7 Å². The van der Waals surface area contributed by atoms with Gasteiger partial charge in [0.05, 0.1) is 0 Å². The number of carboxylic acids is 1. The third kappa shape index (κ3) is 3.59. The lowest BCUT2D eigenvalue weighted by Gasteiger charge is -2.15. The molecule has 0 spiro atoms. The minimum absolute atomic E-state index is 0.0534. The highest BCUT2D eigenvalue weighted by molar-refractivity contribution is 5.74. The molecule has 1 aromatic rings. The van der Waals surface area contributed by atoms with Crippen LogP contribution in [0.5, 0.6) is 0 Å². The first-order valence-electron chi connectivity index (χ1n) is 3.92. The molecule has 0 amide bonds. The molecule has 0 aliphatic rings. The van der Waals surface area contributed by atoms with Gasteiger partial charge in [-0.05, 0) is 5.56 Å². The van der Waals surface area contributed by atoms with Gasteiger partial charge in [0, 0.05) is 0 Å². The highest BCUT2D eigenvalue weighted by Gasteiger charge is 2.37. The number of aliphatic carboxylic acids is 1. The predicted molar refractivity (Wildman–Crippen MR) is 44.0 cm³/mol. The molecule has 0 saturated heterocycles. The summed E-state index contributed by atoms with van der Waals surface area (Å²) in [6.07, 6.45) is -7.00. The van der Waals surface area contributed by atoms with E-state index >= 15 is 0 Å². The summed E-state index contributed by atoms with van der Waals surface area (Å²) in [7, 11) is 0. The number of hydrogen-bond donors (Lipinski definition) is 1. The minimum Gasteiger partial charge on any atom is -0.479 e. The lowest BCUT2D eigenvalue weighted by Crippen LogP contribution is -2.24. The average molecular weight is 220 g/mol. The van der Waals surface area contributed by atoms with E-state index in [0.717, 1.165) is 0 Å². The number of halogens is 3. The molecule has 82 valence electrons. The Kier molecular flexibility index (Phi) is 3.31. The van der Waals surface area contributed by atoms with Crippen molar-refractivity contribution in [1.82, 2.24) is 0 Å². The van der Waals surface area contributed by atoms with E-state index in [-0.39, 0.29) is 5.56 Å². The zero-order chi connectivity index (χ0) is 11.5. The van der Waals surface area contributed by atoms with Crippen molar-refractivity contribution >= 4 is 5.97 Å². The fraction of sp³-hybridized carbons (Fsp3) is 0.222. The number of carboxylic acid groups (broad SMARTS) is 1. The van der Waals surface area contributed by atoms with Crippen LogP contribution < -0.4 is 0 Å². The standard InChI is InChI=1S/C9H7F3O3/c10-9(11,12)15-7(8(13)14)6-4-2-1-3-5-6/h1-5,7H,(H,13,14)/t7-/m0/s1. The van der Waals surface area contributed by atoms with Gasteiger partial charge < -0.3 is 5.11 Å². The molecule has 0 bridgehead atoms. The smallest absolute Gasteiger partial charge is 0.479 e. The maximum absolute atomic E-state index is 11.9. The Labute approximate surface area is 83.1 Å². The van der Waals surface area contributed by atoms with Gasteiger partial charge in [0.15, 0.2) is 6.10 Å². The fourth-order valence-corrected chi connectivity index (χ4v) is 1.02. The second-order valence-corrected chi connectivity index (χ2v) is 2.69. The minimum atomic E-state index is -4.97. The molecule has 0 aromatic heterocycles. The molecular weight excluding hydrogens is 213 g/mol. The van der Waals surface area contributed by atoms with Crippen LogP contribution in [0.3, 0.4) is 0 Å². The van der Waals surface area contributed by atoms with Crippen LogP contribution >= 0.6 is 0 Å². The molecule has 1 aromatic carbocycles. The lowest BCUT2D eigenvalue weighted by atomic mass is 10.1. The third-order valence-corrected chi connectivity index (χ3v) is 1.58. The molecule has 0 saturated carbocycles. The first-order valence-corrected chi connectivity index (χ1v) is 3.92. The molecule has 1 atom stereocenters. The summed E-state index contributed by atoms with van der Waals surface area (Å²) in [4.78, 5) is 10.6. The average Bonchev–Trinajstić information content (AvgIpc) is 2.14. The Balaban J connectivity index is 2.90. The van der Waals surface area contributed by atoms with E-state index in [1.54, 1.807) is 6.07 Å². The Hall–Kier alpha value is -1.56. The second kappa shape index (κ2) is 4.31. The first-order chi connectivity index (χ1) is 6.90. The fourth-order valence-electron chi connectivity index (χ4n) is 1.02. The summed E-state index contributed by atoms with van der Waals surface area (Å²) in [6.45, 7) is 0. The van der Waals surface area contributed by atoms with Crippen LogP contribution in [-0.4, -0.2) is 17.4 Å². The van der Waals surface area contributed by atoms with Crippen molar-refractivity contribution < 1.29 is 27.8 Å². The topological polar surface area (TPSA) is 46.5 Å². The number of carbonyl (C=O) groups is 1. The molecule has 3 nitrogen and oxygen atoms in total. The van der Waals surface area contributed by atoms with Gasteiger partial charge >= 0.3 is 12.3 Å². The van der Waals surface area contributed by atoms with Gasteiger partial charge in [-0.15, -0.1) is 13.2 Å². The van der Waals surface area contributed by atoms with E-state index in [0.29, 0.717) is 0 Å². The highest BCUT2D eigenvalue weighted by Crippen LogP contribution is 2.27. The molecule has 0 aliphatic carbocycles. The Morgan fingerprint density at radius 3 is 2.20 bits per heavy atom. The predicted octanol–water partition coefficient (Wildman–Crippen LogP) is 2.35. The largest absolute Gasteiger partial charge is 0.523 e. The van der Waals surface area contributed by atoms with E-state index in [2.05, 4.69) is 4.74 Å². The van der Waals surface area contributed by atoms with Gasteiger partial charge in [-0.3, -0.25) is 4.74 Å². The molecule has 0 heterocycles. The van der Waals surface area contributed by atoms with Gasteiger partial charge in [-0.25, -0.2) is 4.79 Å². The molecular formula is C9H7F3O3. The van der Waals surface area contributed by atoms with Gasteiger partial charge in [0.2, 0.25) is 0 Å². The highest BCUT2D eigenvalue weighted by atomic mass is 19.4. The zero-order valence-corrected chi connectivity index (χ0v) is 7.36. The molecule has 6 heteroatoms. The molecule has 0 aliphatic heterocycles. The lowest BCUT2D eigenvalue weighted by molar-refractivity contribution is -0.341. The number of ether oxygens (including phenoxy) is 1. The Morgan fingerprint density at radius 2 is 1.80 bits per heavy atom. The van der Waals surface area contributed by atoms with Crippen molar-refractivity contribution in [1.29, 1.82) is 0 Å². The van der Waals surface area contributed by atoms with Crippen LogP contribution in [-0.2, 0) is 9.53 Å². The Morgan fingerprint density at radius 1 is 1.27 bits per heavy atom. The Bertz CT molecular complexity index is 334. The van der Waals surface area contributed by atoms with Crippen molar-refractivity contribution in [2.75, 3.05) is 0 Å². The maximum Gasteiger partial charge on any atom is 0.523 e. The van der Waals surface area contributed by atoms with Gasteiger partial charge in [-0.2, -0.15) is 0 Å². The number of benzene rings is 1. The van der Waals surface area contributed by atoms with Crippen molar-refractivity contribution in [2.24, 2.45) is 0 Å². The molecule has 0 unspecified atom stereocenters. The quantitative estimate of drug-likeness (QED) is 0.850. The summed E-state index contributed by atoms with van der Waals surface area (Å²) in [5, 5.41) is 8.57. The third-order valence-electron chi connectivity index (χ3n) is 1.58. The molecule has 0 radical (unpaired) electrons. The van der Waals surface area contributed by atoms with Gasteiger partial charge in [0.1, 0.15) is 0 Å². The van der Waals surface area contributed by atoms with E-state index in [9.17, 15) is 18.0 Å². The summed E-state index contributed by atoms with van der Waals surface area (Å²) in [5.41, 5.74) is -0.0534. The number of alkyl halides is 3. The van der Waals surface area contributed by atoms with E-state index in [4.69, 9.17) is 5.11 Å². The summed E-state index contributed by atoms with van der Waals surface area (Å²) in [6, 6.07) is 6.95. The molecule has 1 N–H and O–H groups in total. The second-order valence-electron chi connectivity index (χ2n) is 2.69. The van der Waals surface area contributed by atoms with E-state index in [1.165, 1.54) is 24.3 Å². The summed E-state index contributed by atoms with van der Waals surface area (Å²) >= 11 is 0. The SMILES string of the molecule is O=C(O)[C@@H](OC(F)(F)F)c1ccccc1.